The molecular weight excluding hydrogens is 457 g/mol. The van der Waals surface area contributed by atoms with Gasteiger partial charge in [-0.2, -0.15) is 13.2 Å². The van der Waals surface area contributed by atoms with Gasteiger partial charge in [0.1, 0.15) is 0 Å². The minimum absolute atomic E-state index is 0.0402. The second-order valence-corrected chi connectivity index (χ2v) is 8.91. The quantitative estimate of drug-likeness (QED) is 0.365. The fourth-order valence-electron chi connectivity index (χ4n) is 4.32. The van der Waals surface area contributed by atoms with E-state index in [1.165, 1.54) is 5.56 Å². The number of carbonyl (C=O) groups is 2. The number of carboxylic acids is 1. The highest BCUT2D eigenvalue weighted by molar-refractivity contribution is 6.07. The molecule has 0 aliphatic rings. The topological polar surface area (TPSA) is 71.3 Å². The van der Waals surface area contributed by atoms with Crippen molar-refractivity contribution in [3.8, 4) is 0 Å². The lowest BCUT2D eigenvalue weighted by atomic mass is 10.0. The van der Waals surface area contributed by atoms with E-state index in [0.717, 1.165) is 36.7 Å². The smallest absolute Gasteiger partial charge is 0.418 e. The van der Waals surface area contributed by atoms with E-state index < -0.39 is 35.7 Å². The van der Waals surface area contributed by atoms with Crippen molar-refractivity contribution < 1.29 is 27.9 Å². The number of alkyl halides is 3. The van der Waals surface area contributed by atoms with E-state index in [1.54, 1.807) is 6.92 Å². The minimum atomic E-state index is -4.70. The zero-order chi connectivity index (χ0) is 25.8. The van der Waals surface area contributed by atoms with Crippen molar-refractivity contribution in [1.82, 2.24) is 4.57 Å². The Hall–Kier alpha value is -3.55. The van der Waals surface area contributed by atoms with E-state index in [-0.39, 0.29) is 11.5 Å². The van der Waals surface area contributed by atoms with Crippen LogP contribution in [0.2, 0.25) is 0 Å². The molecule has 2 N–H and O–H groups in total. The highest BCUT2D eigenvalue weighted by Crippen LogP contribution is 2.36. The molecule has 0 unspecified atom stereocenters. The Kier molecular flexibility index (Phi) is 8.04. The summed E-state index contributed by atoms with van der Waals surface area (Å²) in [7, 11) is 0. The van der Waals surface area contributed by atoms with Gasteiger partial charge in [-0.15, -0.1) is 0 Å². The lowest BCUT2D eigenvalue weighted by Crippen LogP contribution is -2.20. The van der Waals surface area contributed by atoms with Gasteiger partial charge >= 0.3 is 12.1 Å². The summed E-state index contributed by atoms with van der Waals surface area (Å²) < 4.78 is 42.8. The molecule has 3 rings (SSSR count). The van der Waals surface area contributed by atoms with Crippen molar-refractivity contribution in [1.29, 1.82) is 0 Å². The van der Waals surface area contributed by atoms with Gasteiger partial charge in [0, 0.05) is 18.4 Å². The average Bonchev–Trinajstić information content (AvgIpc) is 3.09. The second-order valence-electron chi connectivity index (χ2n) is 8.91. The maximum Gasteiger partial charge on any atom is 0.418 e. The number of hydrogen-bond acceptors (Lipinski definition) is 2. The van der Waals surface area contributed by atoms with Gasteiger partial charge < -0.3 is 15.0 Å². The molecule has 0 saturated carbocycles. The second kappa shape index (κ2) is 10.8. The molecule has 1 amide bonds. The van der Waals surface area contributed by atoms with Crippen LogP contribution in [0.25, 0.3) is 0 Å². The number of rotatable bonds is 9. The molecule has 0 aliphatic heterocycles. The van der Waals surface area contributed by atoms with Crippen molar-refractivity contribution in [3.63, 3.8) is 0 Å². The first-order valence-corrected chi connectivity index (χ1v) is 11.4. The molecule has 1 heterocycles. The van der Waals surface area contributed by atoms with E-state index in [4.69, 9.17) is 5.11 Å². The zero-order valence-electron chi connectivity index (χ0n) is 19.9. The first-order chi connectivity index (χ1) is 16.5. The molecule has 2 aromatic carbocycles. The first kappa shape index (κ1) is 26.1. The fraction of sp³-hybridized carbons (Fsp3) is 0.333. The van der Waals surface area contributed by atoms with Gasteiger partial charge in [0.2, 0.25) is 0 Å². The van der Waals surface area contributed by atoms with E-state index in [2.05, 4.69) is 17.4 Å². The molecule has 35 heavy (non-hydrogen) atoms. The Balaban J connectivity index is 1.89. The molecule has 0 saturated heterocycles. The van der Waals surface area contributed by atoms with E-state index in [9.17, 15) is 22.8 Å². The first-order valence-electron chi connectivity index (χ1n) is 11.4. The summed E-state index contributed by atoms with van der Waals surface area (Å²) in [5, 5.41) is 11.4. The van der Waals surface area contributed by atoms with Crippen LogP contribution in [0.3, 0.4) is 0 Å². The highest BCUT2D eigenvalue weighted by atomic mass is 19.4. The summed E-state index contributed by atoms with van der Waals surface area (Å²) in [6.07, 6.45) is -1.59. The number of aliphatic carboxylic acids is 1. The van der Waals surface area contributed by atoms with Crippen LogP contribution in [0.1, 0.15) is 64.5 Å². The molecule has 8 heteroatoms. The summed E-state index contributed by atoms with van der Waals surface area (Å²) in [6, 6.07) is 13.0. The summed E-state index contributed by atoms with van der Waals surface area (Å²) >= 11 is 0. The van der Waals surface area contributed by atoms with Crippen molar-refractivity contribution in [3.05, 3.63) is 88.2 Å². The molecular formula is C27H29F3N2O3. The number of nitrogens with zero attached hydrogens (tertiary/aromatic N) is 1. The normalized spacial score (nSPS) is 11.6. The average molecular weight is 487 g/mol. The molecule has 0 atom stereocenters. The molecule has 3 aromatic rings. The van der Waals surface area contributed by atoms with Crippen LogP contribution in [-0.4, -0.2) is 21.6 Å². The molecule has 0 bridgehead atoms. The molecule has 1 aromatic heterocycles. The number of carboxylic acid groups (broad SMARTS) is 1. The van der Waals surface area contributed by atoms with E-state index >= 15 is 0 Å². The van der Waals surface area contributed by atoms with Crippen molar-refractivity contribution in [2.45, 2.75) is 58.7 Å². The molecule has 0 aliphatic carbocycles. The van der Waals surface area contributed by atoms with Crippen LogP contribution in [0, 0.1) is 6.92 Å². The Morgan fingerprint density at radius 1 is 1.06 bits per heavy atom. The third kappa shape index (κ3) is 6.53. The van der Waals surface area contributed by atoms with Crippen LogP contribution in [0.4, 0.5) is 18.9 Å². The standard InChI is InChI=1S/C27H29F3N2O3/c1-17(2)25-24(18(3)16-32(25)13-7-10-19-8-5-4-6-9-19)26(35)31-22-14-20(15-23(33)34)11-12-21(22)27(28,29)30/h4-6,8-9,11-12,14,16-17H,7,10,13,15H2,1-3H3,(H,31,35)(H,33,34). The maximum absolute atomic E-state index is 13.6. The molecule has 5 nitrogen and oxygen atoms in total. The predicted molar refractivity (Wildman–Crippen MR) is 129 cm³/mol. The summed E-state index contributed by atoms with van der Waals surface area (Å²) in [5.41, 5.74) is 1.67. The molecule has 0 fully saturated rings. The number of carbonyl (C=O) groups excluding carboxylic acids is 1. The Bertz CT molecular complexity index is 1200. The van der Waals surface area contributed by atoms with Crippen LogP contribution in [-0.2, 0) is 30.4 Å². The molecule has 0 spiro atoms. The van der Waals surface area contributed by atoms with Gasteiger partial charge in [-0.05, 0) is 54.5 Å². The number of aryl methyl sites for hydroxylation is 3. The lowest BCUT2D eigenvalue weighted by molar-refractivity contribution is -0.137. The maximum atomic E-state index is 13.6. The number of anilines is 1. The van der Waals surface area contributed by atoms with E-state index in [0.29, 0.717) is 17.7 Å². The van der Waals surface area contributed by atoms with Gasteiger partial charge in [0.25, 0.3) is 5.91 Å². The number of benzene rings is 2. The number of hydrogen-bond donors (Lipinski definition) is 2. The van der Waals surface area contributed by atoms with Crippen LogP contribution >= 0.6 is 0 Å². The summed E-state index contributed by atoms with van der Waals surface area (Å²) in [4.78, 5) is 24.3. The Morgan fingerprint density at radius 2 is 1.74 bits per heavy atom. The lowest BCUT2D eigenvalue weighted by Gasteiger charge is -2.17. The number of amides is 1. The fourth-order valence-corrected chi connectivity index (χ4v) is 4.32. The third-order valence-corrected chi connectivity index (χ3v) is 5.78. The molecule has 186 valence electrons. The number of nitrogens with one attached hydrogen (secondary N) is 1. The minimum Gasteiger partial charge on any atom is -0.481 e. The Morgan fingerprint density at radius 3 is 2.34 bits per heavy atom. The monoisotopic (exact) mass is 486 g/mol. The predicted octanol–water partition coefficient (Wildman–Crippen LogP) is 6.45. The number of aromatic nitrogens is 1. The van der Waals surface area contributed by atoms with Gasteiger partial charge in [-0.1, -0.05) is 50.2 Å². The van der Waals surface area contributed by atoms with Gasteiger partial charge in [-0.3, -0.25) is 9.59 Å². The van der Waals surface area contributed by atoms with Crippen LogP contribution in [0.15, 0.2) is 54.7 Å². The molecule has 0 radical (unpaired) electrons. The van der Waals surface area contributed by atoms with E-state index in [1.807, 2.05) is 42.8 Å². The van der Waals surface area contributed by atoms with Gasteiger partial charge in [0.15, 0.2) is 0 Å². The Labute approximate surface area is 202 Å². The number of halogens is 3. The zero-order valence-corrected chi connectivity index (χ0v) is 19.9. The third-order valence-electron chi connectivity index (χ3n) is 5.78. The van der Waals surface area contributed by atoms with Crippen LogP contribution in [0.5, 0.6) is 0 Å². The largest absolute Gasteiger partial charge is 0.481 e. The summed E-state index contributed by atoms with van der Waals surface area (Å²) in [5.74, 6) is -1.86. The highest BCUT2D eigenvalue weighted by Gasteiger charge is 2.34. The summed E-state index contributed by atoms with van der Waals surface area (Å²) in [6.45, 7) is 6.31. The van der Waals surface area contributed by atoms with Crippen LogP contribution < -0.4 is 5.32 Å². The van der Waals surface area contributed by atoms with Gasteiger partial charge in [0.05, 0.1) is 23.2 Å². The van der Waals surface area contributed by atoms with Gasteiger partial charge in [-0.25, -0.2) is 0 Å². The SMILES string of the molecule is Cc1cn(CCCc2ccccc2)c(C(C)C)c1C(=O)Nc1cc(CC(=O)O)ccc1C(F)(F)F. The van der Waals surface area contributed by atoms with Crippen molar-refractivity contribution >= 4 is 17.6 Å². The van der Waals surface area contributed by atoms with Crippen molar-refractivity contribution in [2.24, 2.45) is 0 Å². The van der Waals surface area contributed by atoms with Crippen molar-refractivity contribution in [2.75, 3.05) is 5.32 Å².